The van der Waals surface area contributed by atoms with Gasteiger partial charge in [-0.3, -0.25) is 10.1 Å². The summed E-state index contributed by atoms with van der Waals surface area (Å²) >= 11 is 0. The quantitative estimate of drug-likeness (QED) is 0.186. The molecule has 2 N–H and O–H groups in total. The number of rotatable bonds is 17. The van der Waals surface area contributed by atoms with Crippen LogP contribution in [0, 0.1) is 6.92 Å². The summed E-state index contributed by atoms with van der Waals surface area (Å²) in [5.41, 5.74) is 3.71. The number of sulfone groups is 1. The minimum Gasteiger partial charge on any atom is -0.494 e. The van der Waals surface area contributed by atoms with E-state index in [0.29, 0.717) is 32.2 Å². The second-order valence-corrected chi connectivity index (χ2v) is 14.9. The van der Waals surface area contributed by atoms with Gasteiger partial charge < -0.3 is 33.7 Å². The number of benzene rings is 3. The summed E-state index contributed by atoms with van der Waals surface area (Å²) in [6.45, 7) is 6.30. The summed E-state index contributed by atoms with van der Waals surface area (Å²) < 4.78 is 57.3. The van der Waals surface area contributed by atoms with Gasteiger partial charge in [0.25, 0.3) is 0 Å². The first-order chi connectivity index (χ1) is 23.7. The molecule has 3 aromatic rings. The van der Waals surface area contributed by atoms with Crippen LogP contribution in [0.2, 0.25) is 0 Å². The molecular weight excluding hydrogens is 648 g/mol. The third-order valence-electron chi connectivity index (χ3n) is 9.20. The number of hydrogen-bond donors (Lipinski definition) is 2. The predicted octanol–water partition coefficient (Wildman–Crippen LogP) is 4.95. The van der Waals surface area contributed by atoms with E-state index in [0.717, 1.165) is 54.1 Å². The first-order valence-corrected chi connectivity index (χ1v) is 18.2. The minimum absolute atomic E-state index is 0.000472. The number of methoxy groups -OCH3 is 2. The molecule has 3 atom stereocenters. The van der Waals surface area contributed by atoms with Gasteiger partial charge in [0.2, 0.25) is 0 Å². The molecule has 2 heterocycles. The highest BCUT2D eigenvalue weighted by atomic mass is 32.2. The fraction of sp³-hybridized carbons (Fsp3) is 0.486. The molecule has 11 nitrogen and oxygen atoms in total. The monoisotopic (exact) mass is 696 g/mol. The molecule has 1 fully saturated rings. The number of hydrogen-bond acceptors (Lipinski definition) is 10. The lowest BCUT2D eigenvalue weighted by molar-refractivity contribution is -0.138. The molecule has 1 saturated heterocycles. The molecule has 12 heteroatoms. The van der Waals surface area contributed by atoms with Gasteiger partial charge in [0.1, 0.15) is 23.0 Å². The summed E-state index contributed by atoms with van der Waals surface area (Å²) in [5, 5.41) is 13.2. The Morgan fingerprint density at radius 3 is 2.45 bits per heavy atom. The molecule has 49 heavy (non-hydrogen) atoms. The van der Waals surface area contributed by atoms with Crippen LogP contribution in [-0.4, -0.2) is 90.7 Å². The third-order valence-corrected chi connectivity index (χ3v) is 11.6. The summed E-state index contributed by atoms with van der Waals surface area (Å²) in [6.07, 6.45) is 0.591. The number of piperidine rings is 1. The third kappa shape index (κ3) is 8.92. The second-order valence-electron chi connectivity index (χ2n) is 12.7. The average molecular weight is 697 g/mol. The van der Waals surface area contributed by atoms with E-state index in [9.17, 15) is 18.3 Å². The van der Waals surface area contributed by atoms with Crippen molar-refractivity contribution >= 4 is 21.5 Å². The van der Waals surface area contributed by atoms with Gasteiger partial charge in [-0.2, -0.15) is 0 Å². The number of carbonyl (C=O) groups is 1. The highest BCUT2D eigenvalue weighted by Crippen LogP contribution is 2.42. The van der Waals surface area contributed by atoms with E-state index in [4.69, 9.17) is 23.7 Å². The maximum atomic E-state index is 14.3. The Morgan fingerprint density at radius 2 is 1.73 bits per heavy atom. The molecular formula is C37H48N2O9S. The maximum Gasteiger partial charge on any atom is 0.306 e. The molecule has 0 saturated carbocycles. The second kappa shape index (κ2) is 16.8. The lowest BCUT2D eigenvalue weighted by atomic mass is 9.82. The lowest BCUT2D eigenvalue weighted by Gasteiger charge is -2.44. The van der Waals surface area contributed by atoms with Crippen LogP contribution in [0.5, 0.6) is 11.5 Å². The number of aryl methyl sites for hydroxylation is 1. The Balaban J connectivity index is 1.42. The number of anilines is 1. The summed E-state index contributed by atoms with van der Waals surface area (Å²) in [6, 6.07) is 20.1. The molecule has 5 rings (SSSR count). The molecule has 0 bridgehead atoms. The van der Waals surface area contributed by atoms with E-state index in [2.05, 4.69) is 16.3 Å². The Hall–Kier alpha value is -3.68. The molecule has 0 amide bonds. The first kappa shape index (κ1) is 36.6. The molecule has 0 spiro atoms. The number of ether oxygens (including phenoxy) is 5. The zero-order chi connectivity index (χ0) is 34.9. The van der Waals surface area contributed by atoms with Crippen molar-refractivity contribution in [2.75, 3.05) is 65.2 Å². The fourth-order valence-corrected chi connectivity index (χ4v) is 8.50. The van der Waals surface area contributed by atoms with Crippen molar-refractivity contribution in [1.29, 1.82) is 0 Å². The smallest absolute Gasteiger partial charge is 0.306 e. The van der Waals surface area contributed by atoms with Crippen LogP contribution in [0.3, 0.4) is 0 Å². The molecule has 2 aliphatic rings. The van der Waals surface area contributed by atoms with Gasteiger partial charge >= 0.3 is 5.97 Å². The van der Waals surface area contributed by atoms with Crippen LogP contribution in [-0.2, 0) is 35.4 Å². The van der Waals surface area contributed by atoms with E-state index in [1.165, 1.54) is 0 Å². The van der Waals surface area contributed by atoms with E-state index in [-0.39, 0.29) is 24.5 Å². The maximum absolute atomic E-state index is 14.3. The normalized spacial score (nSPS) is 20.8. The molecule has 2 aliphatic heterocycles. The van der Waals surface area contributed by atoms with Gasteiger partial charge in [-0.1, -0.05) is 35.9 Å². The molecule has 0 unspecified atom stereocenters. The lowest BCUT2D eigenvalue weighted by Crippen LogP contribution is -2.61. The van der Waals surface area contributed by atoms with Crippen LogP contribution in [0.4, 0.5) is 5.69 Å². The van der Waals surface area contributed by atoms with Gasteiger partial charge in [-0.25, -0.2) is 8.42 Å². The van der Waals surface area contributed by atoms with Gasteiger partial charge in [0.05, 0.1) is 42.9 Å². The SMILES string of the molecule is COCCCOc1ccc([C@H]2C[C@](CC(=O)O)(S(=O)(=O)c3ccc(C)cc3)NC[C@@H]2OCc2ccc3c(c2)N(CCCOC)CCO3)cc1. The van der Waals surface area contributed by atoms with Crippen LogP contribution < -0.4 is 19.7 Å². The van der Waals surface area contributed by atoms with Crippen molar-refractivity contribution in [3.63, 3.8) is 0 Å². The van der Waals surface area contributed by atoms with E-state index in [1.807, 2.05) is 43.3 Å². The zero-order valence-corrected chi connectivity index (χ0v) is 29.4. The van der Waals surface area contributed by atoms with Crippen molar-refractivity contribution in [3.05, 3.63) is 83.4 Å². The van der Waals surface area contributed by atoms with E-state index < -0.39 is 39.1 Å². The predicted molar refractivity (Wildman–Crippen MR) is 186 cm³/mol. The average Bonchev–Trinajstić information content (AvgIpc) is 3.10. The van der Waals surface area contributed by atoms with Gasteiger partial charge in [-0.15, -0.1) is 0 Å². The number of fused-ring (bicyclic) bond motifs is 1. The molecule has 266 valence electrons. The topological polar surface area (TPSA) is 133 Å². The number of nitrogens with zero attached hydrogens (tertiary/aromatic N) is 1. The highest BCUT2D eigenvalue weighted by molar-refractivity contribution is 7.92. The van der Waals surface area contributed by atoms with E-state index >= 15 is 0 Å². The largest absolute Gasteiger partial charge is 0.494 e. The summed E-state index contributed by atoms with van der Waals surface area (Å²) in [5.74, 6) is -0.127. The molecule has 0 radical (unpaired) electrons. The number of carboxylic acids is 1. The first-order valence-electron chi connectivity index (χ1n) is 16.8. The molecule has 0 aliphatic carbocycles. The summed E-state index contributed by atoms with van der Waals surface area (Å²) in [4.78, 5) is 12.9. The van der Waals surface area contributed by atoms with Crippen LogP contribution in [0.25, 0.3) is 0 Å². The van der Waals surface area contributed by atoms with Gasteiger partial charge in [0.15, 0.2) is 9.84 Å². The molecule has 0 aromatic heterocycles. The van der Waals surface area contributed by atoms with Gasteiger partial charge in [0, 0.05) is 52.9 Å². The minimum atomic E-state index is -4.13. The number of aliphatic carboxylic acids is 1. The van der Waals surface area contributed by atoms with Crippen molar-refractivity contribution in [1.82, 2.24) is 5.32 Å². The van der Waals surface area contributed by atoms with E-state index in [1.54, 1.807) is 38.5 Å². The van der Waals surface area contributed by atoms with Gasteiger partial charge in [-0.05, 0) is 67.3 Å². The number of carboxylic acid groups (broad SMARTS) is 1. The van der Waals surface area contributed by atoms with Crippen molar-refractivity contribution in [3.8, 4) is 11.5 Å². The molecule has 3 aromatic carbocycles. The van der Waals surface area contributed by atoms with Crippen LogP contribution >= 0.6 is 0 Å². The fourth-order valence-electron chi connectivity index (χ4n) is 6.56. The van der Waals surface area contributed by atoms with Crippen molar-refractivity contribution in [2.24, 2.45) is 0 Å². The van der Waals surface area contributed by atoms with Crippen molar-refractivity contribution in [2.45, 2.75) is 61.0 Å². The standard InChI is InChI=1S/C37H48N2O9S/c1-27-6-13-31(14-7-27)49(42,43)37(24-36(40)41)23-32(29-9-11-30(12-10-29)46-20-5-19-45-3)35(25-38-37)48-26-28-8-15-34-33(22-28)39(17-21-47-34)16-4-18-44-2/h6-15,22,32,35,38H,4-5,16-21,23-26H2,1-3H3,(H,40,41)/t32-,35+,37-/m1/s1. The van der Waals surface area contributed by atoms with Crippen LogP contribution in [0.1, 0.15) is 48.3 Å². The Kier molecular flexibility index (Phi) is 12.6. The van der Waals surface area contributed by atoms with Crippen LogP contribution in [0.15, 0.2) is 71.6 Å². The number of nitrogens with one attached hydrogen (secondary N) is 1. The summed E-state index contributed by atoms with van der Waals surface area (Å²) in [7, 11) is -0.783. The Labute approximate surface area is 289 Å². The zero-order valence-electron chi connectivity index (χ0n) is 28.6. The van der Waals surface area contributed by atoms with Crippen molar-refractivity contribution < 1.29 is 42.0 Å². The highest BCUT2D eigenvalue weighted by Gasteiger charge is 2.52. The Bertz CT molecular complexity index is 1630. The Morgan fingerprint density at radius 1 is 1.00 bits per heavy atom.